The summed E-state index contributed by atoms with van der Waals surface area (Å²) in [6, 6.07) is 0. The van der Waals surface area contributed by atoms with Crippen LogP contribution in [0.15, 0.2) is 5.38 Å². The van der Waals surface area contributed by atoms with Gasteiger partial charge in [-0.05, 0) is 18.8 Å². The molecule has 0 bridgehead atoms. The molecule has 98 valence electrons. The molecule has 0 aromatic carbocycles. The predicted octanol–water partition coefficient (Wildman–Crippen LogP) is 5.18. The molecule has 1 atom stereocenters. The molecule has 1 unspecified atom stereocenters. The van der Waals surface area contributed by atoms with Crippen LogP contribution in [0, 0.1) is 5.92 Å². The van der Waals surface area contributed by atoms with Crippen molar-refractivity contribution in [3.8, 4) is 0 Å². The number of aryl methyl sites for hydroxylation is 1. The second-order valence-electron chi connectivity index (χ2n) is 6.14. The minimum Gasteiger partial charge on any atom is -0.246 e. The lowest BCUT2D eigenvalue weighted by atomic mass is 9.93. The van der Waals surface area contributed by atoms with Crippen LogP contribution in [0.5, 0.6) is 0 Å². The molecule has 0 amide bonds. The van der Waals surface area contributed by atoms with Crippen LogP contribution < -0.4 is 0 Å². The zero-order chi connectivity index (χ0) is 13.1. The lowest BCUT2D eigenvalue weighted by Gasteiger charge is -2.14. The summed E-state index contributed by atoms with van der Waals surface area (Å²) in [7, 11) is 0. The number of halogens is 1. The van der Waals surface area contributed by atoms with Crippen molar-refractivity contribution in [1.29, 1.82) is 0 Å². The number of hydrogen-bond donors (Lipinski definition) is 0. The van der Waals surface area contributed by atoms with Crippen LogP contribution in [0.4, 0.5) is 0 Å². The van der Waals surface area contributed by atoms with Crippen molar-refractivity contribution in [1.82, 2.24) is 4.98 Å². The molecule has 0 fully saturated rings. The van der Waals surface area contributed by atoms with Gasteiger partial charge in [0, 0.05) is 22.0 Å². The molecular weight excluding hydrogens is 294 g/mol. The molecule has 1 nitrogen and oxygen atoms in total. The van der Waals surface area contributed by atoms with Crippen molar-refractivity contribution in [2.24, 2.45) is 5.92 Å². The number of hydrogen-bond acceptors (Lipinski definition) is 2. The normalized spacial score (nSPS) is 14.3. The van der Waals surface area contributed by atoms with Crippen molar-refractivity contribution < 1.29 is 0 Å². The Morgan fingerprint density at radius 3 is 2.47 bits per heavy atom. The summed E-state index contributed by atoms with van der Waals surface area (Å²) in [5, 5.41) is 3.49. The monoisotopic (exact) mass is 317 g/mol. The van der Waals surface area contributed by atoms with E-state index >= 15 is 0 Å². The van der Waals surface area contributed by atoms with Crippen molar-refractivity contribution in [3.05, 3.63) is 16.1 Å². The summed E-state index contributed by atoms with van der Waals surface area (Å²) in [5.74, 6) is 0.765. The summed E-state index contributed by atoms with van der Waals surface area (Å²) in [6.45, 7) is 11.2. The number of rotatable bonds is 5. The molecule has 1 aromatic rings. The van der Waals surface area contributed by atoms with Gasteiger partial charge in [-0.1, -0.05) is 50.5 Å². The van der Waals surface area contributed by atoms with Crippen LogP contribution in [-0.4, -0.2) is 9.81 Å². The topological polar surface area (TPSA) is 12.9 Å². The minimum absolute atomic E-state index is 0.181. The highest BCUT2D eigenvalue weighted by atomic mass is 79.9. The van der Waals surface area contributed by atoms with Gasteiger partial charge >= 0.3 is 0 Å². The molecule has 1 aromatic heterocycles. The van der Waals surface area contributed by atoms with Crippen molar-refractivity contribution in [2.75, 3.05) is 0 Å². The van der Waals surface area contributed by atoms with Gasteiger partial charge in [-0.15, -0.1) is 11.3 Å². The van der Waals surface area contributed by atoms with E-state index in [0.717, 1.165) is 12.3 Å². The summed E-state index contributed by atoms with van der Waals surface area (Å²) in [5.41, 5.74) is 1.41. The Hall–Kier alpha value is 0.110. The van der Waals surface area contributed by atoms with Gasteiger partial charge in [0.05, 0.1) is 10.7 Å². The third-order valence-corrected chi connectivity index (χ3v) is 4.46. The maximum Gasteiger partial charge on any atom is 0.0928 e. The van der Waals surface area contributed by atoms with Gasteiger partial charge in [0.15, 0.2) is 0 Å². The van der Waals surface area contributed by atoms with E-state index in [1.54, 1.807) is 11.3 Å². The first-order valence-electron chi connectivity index (χ1n) is 6.38. The van der Waals surface area contributed by atoms with E-state index in [9.17, 15) is 0 Å². The largest absolute Gasteiger partial charge is 0.246 e. The first-order valence-corrected chi connectivity index (χ1v) is 8.17. The molecule has 0 N–H and O–H groups in total. The second-order valence-corrected chi connectivity index (χ2v) is 8.38. The Bertz CT molecular complexity index is 338. The number of alkyl halides is 1. The summed E-state index contributed by atoms with van der Waals surface area (Å²) in [4.78, 5) is 5.36. The van der Waals surface area contributed by atoms with Gasteiger partial charge in [-0.2, -0.15) is 0 Å². The summed E-state index contributed by atoms with van der Waals surface area (Å²) < 4.78 is 0. The van der Waals surface area contributed by atoms with Crippen LogP contribution in [0.1, 0.15) is 58.2 Å². The van der Waals surface area contributed by atoms with E-state index in [-0.39, 0.29) is 5.41 Å². The van der Waals surface area contributed by atoms with Crippen LogP contribution in [-0.2, 0) is 11.8 Å². The Kier molecular flexibility index (Phi) is 5.65. The lowest BCUT2D eigenvalue weighted by molar-refractivity contribution is 0.550. The molecule has 0 saturated heterocycles. The standard InChI is InChI=1S/C14H24BrNS/c1-10(2)8-11(15)6-7-13-16-12(9-17-13)14(3,4)5/h9-11H,6-8H2,1-5H3. The van der Waals surface area contributed by atoms with E-state index in [1.807, 2.05) is 0 Å². The Morgan fingerprint density at radius 2 is 2.00 bits per heavy atom. The highest BCUT2D eigenvalue weighted by Gasteiger charge is 2.17. The molecule has 0 spiro atoms. The molecular formula is C14H24BrNS. The lowest BCUT2D eigenvalue weighted by Crippen LogP contribution is -2.11. The molecule has 1 heterocycles. The molecule has 0 aliphatic carbocycles. The molecule has 0 aliphatic rings. The number of thiazole rings is 1. The maximum atomic E-state index is 4.73. The van der Waals surface area contributed by atoms with Crippen LogP contribution in [0.25, 0.3) is 0 Å². The van der Waals surface area contributed by atoms with Gasteiger partial charge < -0.3 is 0 Å². The van der Waals surface area contributed by atoms with Crippen molar-refractivity contribution in [2.45, 2.75) is 64.1 Å². The van der Waals surface area contributed by atoms with Gasteiger partial charge in [-0.25, -0.2) is 4.98 Å². The van der Waals surface area contributed by atoms with Crippen molar-refractivity contribution in [3.63, 3.8) is 0 Å². The molecule has 17 heavy (non-hydrogen) atoms. The molecule has 3 heteroatoms. The van der Waals surface area contributed by atoms with E-state index in [1.165, 1.54) is 23.5 Å². The van der Waals surface area contributed by atoms with Gasteiger partial charge in [0.1, 0.15) is 0 Å². The third-order valence-electron chi connectivity index (χ3n) is 2.72. The first kappa shape index (κ1) is 15.2. The Labute approximate surface area is 118 Å². The van der Waals surface area contributed by atoms with E-state index in [0.29, 0.717) is 4.83 Å². The minimum atomic E-state index is 0.181. The SMILES string of the molecule is CC(C)CC(Br)CCc1nc(C(C)(C)C)cs1. The van der Waals surface area contributed by atoms with E-state index in [4.69, 9.17) is 4.98 Å². The fourth-order valence-corrected chi connectivity index (χ4v) is 3.70. The average Bonchev–Trinajstić information content (AvgIpc) is 2.61. The fourth-order valence-electron chi connectivity index (χ4n) is 1.68. The van der Waals surface area contributed by atoms with E-state index < -0.39 is 0 Å². The summed E-state index contributed by atoms with van der Waals surface area (Å²) >= 11 is 5.56. The Balaban J connectivity index is 2.45. The third kappa shape index (κ3) is 5.52. The Morgan fingerprint density at radius 1 is 1.35 bits per heavy atom. The van der Waals surface area contributed by atoms with Crippen LogP contribution >= 0.6 is 27.3 Å². The molecule has 0 saturated carbocycles. The van der Waals surface area contributed by atoms with Gasteiger partial charge in [0.2, 0.25) is 0 Å². The summed E-state index contributed by atoms with van der Waals surface area (Å²) in [6.07, 6.45) is 3.54. The first-order chi connectivity index (χ1) is 7.79. The van der Waals surface area contributed by atoms with Crippen LogP contribution in [0.3, 0.4) is 0 Å². The van der Waals surface area contributed by atoms with E-state index in [2.05, 4.69) is 55.9 Å². The van der Waals surface area contributed by atoms with Crippen LogP contribution in [0.2, 0.25) is 0 Å². The smallest absolute Gasteiger partial charge is 0.0928 e. The predicted molar refractivity (Wildman–Crippen MR) is 81.3 cm³/mol. The van der Waals surface area contributed by atoms with Crippen molar-refractivity contribution >= 4 is 27.3 Å². The zero-order valence-corrected chi connectivity index (χ0v) is 14.0. The van der Waals surface area contributed by atoms with Gasteiger partial charge in [0.25, 0.3) is 0 Å². The average molecular weight is 318 g/mol. The molecule has 0 radical (unpaired) electrons. The number of nitrogens with zero attached hydrogens (tertiary/aromatic N) is 1. The fraction of sp³-hybridized carbons (Fsp3) is 0.786. The zero-order valence-electron chi connectivity index (χ0n) is 11.6. The number of aromatic nitrogens is 1. The highest BCUT2D eigenvalue weighted by molar-refractivity contribution is 9.09. The van der Waals surface area contributed by atoms with Gasteiger partial charge in [-0.3, -0.25) is 0 Å². The second kappa shape index (κ2) is 6.33. The quantitative estimate of drug-likeness (QED) is 0.681. The maximum absolute atomic E-state index is 4.73. The molecule has 0 aliphatic heterocycles. The highest BCUT2D eigenvalue weighted by Crippen LogP contribution is 2.25. The molecule has 1 rings (SSSR count).